The fourth-order valence-corrected chi connectivity index (χ4v) is 2.91. The lowest BCUT2D eigenvalue weighted by Gasteiger charge is -2.25. The van der Waals surface area contributed by atoms with Gasteiger partial charge in [0.2, 0.25) is 0 Å². The number of amides is 1. The molecule has 0 bridgehead atoms. The molecule has 0 fully saturated rings. The van der Waals surface area contributed by atoms with E-state index in [4.69, 9.17) is 14.2 Å². The van der Waals surface area contributed by atoms with Gasteiger partial charge in [0.15, 0.2) is 11.5 Å². The number of benzene rings is 2. The lowest BCUT2D eigenvalue weighted by atomic mass is 9.99. The topological polar surface area (TPSA) is 56.8 Å². The Morgan fingerprint density at radius 3 is 2.67 bits per heavy atom. The predicted molar refractivity (Wildman–Crippen MR) is 90.6 cm³/mol. The molecular weight excluding hydrogens is 306 g/mol. The zero-order chi connectivity index (χ0) is 16.9. The molecule has 0 aliphatic carbocycles. The smallest absolute Gasteiger partial charge is 0.255 e. The zero-order valence-electron chi connectivity index (χ0n) is 13.9. The molecular formula is C19H21NO4. The van der Waals surface area contributed by atoms with E-state index in [0.717, 1.165) is 6.42 Å². The molecule has 1 N–H and O–H groups in total. The number of nitrogens with one attached hydrogen (secondary N) is 1. The Morgan fingerprint density at radius 1 is 1.12 bits per heavy atom. The van der Waals surface area contributed by atoms with Crippen LogP contribution in [0.1, 0.15) is 21.5 Å². The molecule has 0 saturated carbocycles. The molecule has 1 atom stereocenters. The van der Waals surface area contributed by atoms with Crippen molar-refractivity contribution in [1.82, 2.24) is 5.32 Å². The van der Waals surface area contributed by atoms with Crippen molar-refractivity contribution in [1.29, 1.82) is 0 Å². The number of hydrogen-bond acceptors (Lipinski definition) is 4. The third-order valence-electron chi connectivity index (χ3n) is 4.18. The molecule has 24 heavy (non-hydrogen) atoms. The Balaban J connectivity index is 1.65. The molecule has 1 heterocycles. The Bertz CT molecular complexity index is 729. The fraction of sp³-hybridized carbons (Fsp3) is 0.316. The minimum atomic E-state index is -0.201. The third kappa shape index (κ3) is 3.36. The van der Waals surface area contributed by atoms with E-state index in [0.29, 0.717) is 30.2 Å². The lowest BCUT2D eigenvalue weighted by Crippen LogP contribution is -2.36. The van der Waals surface area contributed by atoms with Crippen molar-refractivity contribution in [2.45, 2.75) is 19.1 Å². The molecule has 2 aromatic rings. The molecule has 5 heteroatoms. The first-order valence-corrected chi connectivity index (χ1v) is 7.90. The van der Waals surface area contributed by atoms with E-state index in [1.165, 1.54) is 18.2 Å². The molecule has 0 saturated heterocycles. The van der Waals surface area contributed by atoms with Gasteiger partial charge in [0.05, 0.1) is 32.5 Å². The molecule has 1 amide bonds. The van der Waals surface area contributed by atoms with E-state index in [-0.39, 0.29) is 12.0 Å². The van der Waals surface area contributed by atoms with Crippen LogP contribution in [0.4, 0.5) is 0 Å². The van der Waals surface area contributed by atoms with Gasteiger partial charge in [-0.3, -0.25) is 4.79 Å². The highest BCUT2D eigenvalue weighted by Crippen LogP contribution is 2.30. The van der Waals surface area contributed by atoms with Crippen molar-refractivity contribution >= 4 is 5.91 Å². The van der Waals surface area contributed by atoms with Crippen molar-refractivity contribution in [3.63, 3.8) is 0 Å². The van der Waals surface area contributed by atoms with Gasteiger partial charge in [-0.15, -0.1) is 0 Å². The van der Waals surface area contributed by atoms with Gasteiger partial charge in [-0.1, -0.05) is 30.3 Å². The second kappa shape index (κ2) is 7.36. The largest absolute Gasteiger partial charge is 0.493 e. The zero-order valence-corrected chi connectivity index (χ0v) is 13.9. The van der Waals surface area contributed by atoms with Crippen LogP contribution < -0.4 is 14.8 Å². The van der Waals surface area contributed by atoms with Crippen molar-refractivity contribution in [3.05, 3.63) is 59.2 Å². The number of para-hydroxylation sites is 1. The molecule has 5 nitrogen and oxygen atoms in total. The molecule has 3 rings (SSSR count). The number of hydrogen-bond donors (Lipinski definition) is 1. The van der Waals surface area contributed by atoms with Crippen molar-refractivity contribution in [2.24, 2.45) is 0 Å². The number of rotatable bonds is 5. The summed E-state index contributed by atoms with van der Waals surface area (Å²) in [5, 5.41) is 2.93. The first-order chi connectivity index (χ1) is 11.7. The fourth-order valence-electron chi connectivity index (χ4n) is 2.91. The van der Waals surface area contributed by atoms with Gasteiger partial charge >= 0.3 is 0 Å². The quantitative estimate of drug-likeness (QED) is 0.917. The minimum Gasteiger partial charge on any atom is -0.493 e. The van der Waals surface area contributed by atoms with Gasteiger partial charge < -0.3 is 19.5 Å². The summed E-state index contributed by atoms with van der Waals surface area (Å²) in [6.07, 6.45) is 0.770. The average Bonchev–Trinajstić information content (AvgIpc) is 2.65. The predicted octanol–water partition coefficient (Wildman–Crippen LogP) is 2.58. The summed E-state index contributed by atoms with van der Waals surface area (Å²) >= 11 is 0. The van der Waals surface area contributed by atoms with Crippen LogP contribution in [0.25, 0.3) is 0 Å². The normalized spacial score (nSPS) is 16.2. The summed E-state index contributed by atoms with van der Waals surface area (Å²) in [4.78, 5) is 12.5. The van der Waals surface area contributed by atoms with Crippen LogP contribution in [0, 0.1) is 0 Å². The molecule has 0 spiro atoms. The molecule has 0 unspecified atom stereocenters. The summed E-state index contributed by atoms with van der Waals surface area (Å²) in [5.74, 6) is 0.772. The Hall–Kier alpha value is -2.53. The average molecular weight is 327 g/mol. The van der Waals surface area contributed by atoms with E-state index in [1.807, 2.05) is 12.1 Å². The van der Waals surface area contributed by atoms with Gasteiger partial charge in [0.1, 0.15) is 0 Å². The van der Waals surface area contributed by atoms with Gasteiger partial charge in [-0.25, -0.2) is 0 Å². The van der Waals surface area contributed by atoms with E-state index in [1.54, 1.807) is 25.3 Å². The van der Waals surface area contributed by atoms with E-state index in [2.05, 4.69) is 17.4 Å². The second-order valence-corrected chi connectivity index (χ2v) is 5.66. The number of fused-ring (bicyclic) bond motifs is 1. The van der Waals surface area contributed by atoms with Crippen LogP contribution in [-0.4, -0.2) is 32.8 Å². The van der Waals surface area contributed by atoms with Gasteiger partial charge in [-0.2, -0.15) is 0 Å². The number of carbonyl (C=O) groups excluding carboxylic acids is 1. The molecule has 126 valence electrons. The first kappa shape index (κ1) is 16.3. The molecule has 0 radical (unpaired) electrons. The SMILES string of the molecule is COc1cccc(C(=O)NC[C@@H]2Cc3ccccc3CO2)c1OC. The van der Waals surface area contributed by atoms with Gasteiger partial charge in [0, 0.05) is 13.0 Å². The van der Waals surface area contributed by atoms with Gasteiger partial charge in [0.25, 0.3) is 5.91 Å². The maximum absolute atomic E-state index is 12.5. The highest BCUT2D eigenvalue weighted by molar-refractivity contribution is 5.97. The molecule has 1 aliphatic rings. The Morgan fingerprint density at radius 2 is 1.92 bits per heavy atom. The monoisotopic (exact) mass is 327 g/mol. The maximum atomic E-state index is 12.5. The number of methoxy groups -OCH3 is 2. The molecule has 2 aromatic carbocycles. The standard InChI is InChI=1S/C19H21NO4/c1-22-17-9-5-8-16(18(17)23-2)19(21)20-11-15-10-13-6-3-4-7-14(13)12-24-15/h3-9,15H,10-12H2,1-2H3,(H,20,21)/t15-/m0/s1. The van der Waals surface area contributed by atoms with Crippen LogP contribution >= 0.6 is 0 Å². The Kier molecular flexibility index (Phi) is 5.01. The summed E-state index contributed by atoms with van der Waals surface area (Å²) in [6, 6.07) is 13.5. The van der Waals surface area contributed by atoms with Crippen LogP contribution in [-0.2, 0) is 17.8 Å². The van der Waals surface area contributed by atoms with E-state index >= 15 is 0 Å². The van der Waals surface area contributed by atoms with Crippen molar-refractivity contribution in [3.8, 4) is 11.5 Å². The van der Waals surface area contributed by atoms with Crippen LogP contribution in [0.3, 0.4) is 0 Å². The minimum absolute atomic E-state index is 0.0274. The van der Waals surface area contributed by atoms with Crippen LogP contribution in [0.2, 0.25) is 0 Å². The van der Waals surface area contributed by atoms with Crippen molar-refractivity contribution < 1.29 is 19.0 Å². The lowest BCUT2D eigenvalue weighted by molar-refractivity contribution is 0.0284. The summed E-state index contributed by atoms with van der Waals surface area (Å²) in [6.45, 7) is 1.03. The van der Waals surface area contributed by atoms with Crippen LogP contribution in [0.15, 0.2) is 42.5 Å². The van der Waals surface area contributed by atoms with Crippen LogP contribution in [0.5, 0.6) is 11.5 Å². The molecule has 0 aromatic heterocycles. The second-order valence-electron chi connectivity index (χ2n) is 5.66. The van der Waals surface area contributed by atoms with Crippen molar-refractivity contribution in [2.75, 3.05) is 20.8 Å². The van der Waals surface area contributed by atoms with Gasteiger partial charge in [-0.05, 0) is 23.3 Å². The summed E-state index contributed by atoms with van der Waals surface area (Å²) < 4.78 is 16.4. The number of ether oxygens (including phenoxy) is 3. The summed E-state index contributed by atoms with van der Waals surface area (Å²) in [5.41, 5.74) is 2.95. The van der Waals surface area contributed by atoms with E-state index < -0.39 is 0 Å². The van der Waals surface area contributed by atoms with E-state index in [9.17, 15) is 4.79 Å². The first-order valence-electron chi connectivity index (χ1n) is 7.90. The Labute approximate surface area is 141 Å². The maximum Gasteiger partial charge on any atom is 0.255 e. The summed E-state index contributed by atoms with van der Waals surface area (Å²) in [7, 11) is 3.07. The molecule has 1 aliphatic heterocycles. The highest BCUT2D eigenvalue weighted by Gasteiger charge is 2.21. The highest BCUT2D eigenvalue weighted by atomic mass is 16.5. The number of carbonyl (C=O) groups is 1. The third-order valence-corrected chi connectivity index (χ3v) is 4.18.